The highest BCUT2D eigenvalue weighted by Crippen LogP contribution is 2.42. The van der Waals surface area contributed by atoms with Crippen molar-refractivity contribution in [2.45, 2.75) is 45.8 Å². The van der Waals surface area contributed by atoms with E-state index < -0.39 is 0 Å². The van der Waals surface area contributed by atoms with Gasteiger partial charge in [0.15, 0.2) is 6.29 Å². The van der Waals surface area contributed by atoms with Gasteiger partial charge in [-0.2, -0.15) is 0 Å². The number of ether oxygens (including phenoxy) is 2. The zero-order valence-corrected chi connectivity index (χ0v) is 11.5. The first-order chi connectivity index (χ1) is 8.65. The number of carbonyl (C=O) groups excluding carboxylic acids is 1. The van der Waals surface area contributed by atoms with Crippen molar-refractivity contribution >= 4 is 5.91 Å². The van der Waals surface area contributed by atoms with E-state index in [1.54, 1.807) is 0 Å². The van der Waals surface area contributed by atoms with Crippen LogP contribution in [0.5, 0.6) is 0 Å². The van der Waals surface area contributed by atoms with E-state index in [1.165, 1.54) is 6.42 Å². The minimum Gasteiger partial charge on any atom is -0.351 e. The standard InChI is InChI=1S/C13H26N2O3/c1-3-17-12(18-4-2)9-15-11(16)8-13(10-14)6-5-7-13/h12H,3-10,14H2,1-2H3,(H,15,16). The average molecular weight is 258 g/mol. The number of hydrogen-bond donors (Lipinski definition) is 2. The summed E-state index contributed by atoms with van der Waals surface area (Å²) in [5.74, 6) is 0.0459. The first-order valence-corrected chi connectivity index (χ1v) is 6.85. The Morgan fingerprint density at radius 2 is 1.94 bits per heavy atom. The molecule has 106 valence electrons. The van der Waals surface area contributed by atoms with Gasteiger partial charge in [-0.15, -0.1) is 0 Å². The highest BCUT2D eigenvalue weighted by molar-refractivity contribution is 5.76. The van der Waals surface area contributed by atoms with E-state index in [0.29, 0.717) is 32.7 Å². The predicted molar refractivity (Wildman–Crippen MR) is 70.0 cm³/mol. The molecule has 1 saturated carbocycles. The van der Waals surface area contributed by atoms with E-state index in [1.807, 2.05) is 13.8 Å². The molecule has 0 radical (unpaired) electrons. The fourth-order valence-electron chi connectivity index (χ4n) is 2.27. The fourth-order valence-corrected chi connectivity index (χ4v) is 2.27. The number of amides is 1. The second-order valence-corrected chi connectivity index (χ2v) is 4.88. The van der Waals surface area contributed by atoms with Crippen LogP contribution in [0.1, 0.15) is 39.5 Å². The monoisotopic (exact) mass is 258 g/mol. The van der Waals surface area contributed by atoms with Crippen LogP contribution in [-0.2, 0) is 14.3 Å². The quantitative estimate of drug-likeness (QED) is 0.606. The van der Waals surface area contributed by atoms with Gasteiger partial charge in [-0.1, -0.05) is 6.42 Å². The molecule has 0 bridgehead atoms. The highest BCUT2D eigenvalue weighted by Gasteiger charge is 2.37. The predicted octanol–water partition coefficient (Wildman–Crippen LogP) is 1.02. The molecule has 5 heteroatoms. The normalized spacial score (nSPS) is 17.6. The van der Waals surface area contributed by atoms with Gasteiger partial charge in [0, 0.05) is 19.6 Å². The van der Waals surface area contributed by atoms with E-state index in [2.05, 4.69) is 5.32 Å². The summed E-state index contributed by atoms with van der Waals surface area (Å²) < 4.78 is 10.7. The van der Waals surface area contributed by atoms with E-state index in [0.717, 1.165) is 12.8 Å². The lowest BCUT2D eigenvalue weighted by Crippen LogP contribution is -2.43. The van der Waals surface area contributed by atoms with Gasteiger partial charge in [0.05, 0.1) is 6.54 Å². The average Bonchev–Trinajstić information content (AvgIpc) is 2.31. The fraction of sp³-hybridized carbons (Fsp3) is 0.923. The smallest absolute Gasteiger partial charge is 0.220 e. The van der Waals surface area contributed by atoms with Crippen molar-refractivity contribution in [1.82, 2.24) is 5.32 Å². The third kappa shape index (κ3) is 4.55. The number of nitrogens with two attached hydrogens (primary N) is 1. The van der Waals surface area contributed by atoms with Crippen LogP contribution in [0, 0.1) is 5.41 Å². The second-order valence-electron chi connectivity index (χ2n) is 4.88. The summed E-state index contributed by atoms with van der Waals surface area (Å²) in [6, 6.07) is 0. The Labute approximate surface area is 109 Å². The van der Waals surface area contributed by atoms with Gasteiger partial charge >= 0.3 is 0 Å². The number of rotatable bonds is 9. The van der Waals surface area contributed by atoms with Crippen molar-refractivity contribution in [1.29, 1.82) is 0 Å². The summed E-state index contributed by atoms with van der Waals surface area (Å²) in [6.45, 7) is 5.97. The molecule has 0 aliphatic heterocycles. The summed E-state index contributed by atoms with van der Waals surface area (Å²) in [7, 11) is 0. The van der Waals surface area contributed by atoms with Crippen LogP contribution in [0.2, 0.25) is 0 Å². The molecule has 1 aliphatic carbocycles. The van der Waals surface area contributed by atoms with Crippen molar-refractivity contribution in [2.75, 3.05) is 26.3 Å². The van der Waals surface area contributed by atoms with E-state index >= 15 is 0 Å². The minimum absolute atomic E-state index is 0.0459. The maximum absolute atomic E-state index is 11.8. The molecule has 1 aliphatic rings. The van der Waals surface area contributed by atoms with Crippen molar-refractivity contribution < 1.29 is 14.3 Å². The van der Waals surface area contributed by atoms with Crippen LogP contribution in [0.15, 0.2) is 0 Å². The summed E-state index contributed by atoms with van der Waals surface area (Å²) in [5, 5.41) is 2.87. The Morgan fingerprint density at radius 3 is 2.33 bits per heavy atom. The van der Waals surface area contributed by atoms with Crippen LogP contribution in [0.4, 0.5) is 0 Å². The van der Waals surface area contributed by atoms with Crippen LogP contribution in [0.3, 0.4) is 0 Å². The summed E-state index contributed by atoms with van der Waals surface area (Å²) >= 11 is 0. The summed E-state index contributed by atoms with van der Waals surface area (Å²) in [6.07, 6.45) is 3.49. The Balaban J connectivity index is 2.26. The third-order valence-corrected chi connectivity index (χ3v) is 3.55. The molecule has 0 saturated heterocycles. The van der Waals surface area contributed by atoms with Crippen LogP contribution in [-0.4, -0.2) is 38.5 Å². The van der Waals surface area contributed by atoms with Gasteiger partial charge in [-0.05, 0) is 38.6 Å². The first-order valence-electron chi connectivity index (χ1n) is 6.85. The SMILES string of the molecule is CCOC(CNC(=O)CC1(CN)CCC1)OCC. The van der Waals surface area contributed by atoms with Gasteiger partial charge in [0.25, 0.3) is 0 Å². The molecule has 0 unspecified atom stereocenters. The zero-order valence-electron chi connectivity index (χ0n) is 11.5. The van der Waals surface area contributed by atoms with Crippen molar-refractivity contribution in [3.8, 4) is 0 Å². The highest BCUT2D eigenvalue weighted by atomic mass is 16.7. The Hall–Kier alpha value is -0.650. The van der Waals surface area contributed by atoms with E-state index in [-0.39, 0.29) is 17.6 Å². The van der Waals surface area contributed by atoms with Gasteiger partial charge < -0.3 is 20.5 Å². The number of carbonyl (C=O) groups is 1. The third-order valence-electron chi connectivity index (χ3n) is 3.55. The molecule has 0 spiro atoms. The summed E-state index contributed by atoms with van der Waals surface area (Å²) in [5.41, 5.74) is 5.79. The summed E-state index contributed by atoms with van der Waals surface area (Å²) in [4.78, 5) is 11.8. The topological polar surface area (TPSA) is 73.6 Å². The molecule has 3 N–H and O–H groups in total. The van der Waals surface area contributed by atoms with E-state index in [4.69, 9.17) is 15.2 Å². The zero-order chi connectivity index (χ0) is 13.4. The maximum Gasteiger partial charge on any atom is 0.220 e. The molecule has 1 fully saturated rings. The molecule has 5 nitrogen and oxygen atoms in total. The van der Waals surface area contributed by atoms with Crippen LogP contribution < -0.4 is 11.1 Å². The van der Waals surface area contributed by atoms with E-state index in [9.17, 15) is 4.79 Å². The largest absolute Gasteiger partial charge is 0.351 e. The Morgan fingerprint density at radius 1 is 1.33 bits per heavy atom. The maximum atomic E-state index is 11.8. The number of nitrogens with one attached hydrogen (secondary N) is 1. The lowest BCUT2D eigenvalue weighted by Gasteiger charge is -2.40. The van der Waals surface area contributed by atoms with Crippen LogP contribution in [0.25, 0.3) is 0 Å². The number of hydrogen-bond acceptors (Lipinski definition) is 4. The van der Waals surface area contributed by atoms with Crippen molar-refractivity contribution in [2.24, 2.45) is 11.1 Å². The second kappa shape index (κ2) is 7.71. The molecule has 1 amide bonds. The van der Waals surface area contributed by atoms with Gasteiger partial charge in [-0.3, -0.25) is 4.79 Å². The minimum atomic E-state index is -0.348. The van der Waals surface area contributed by atoms with Gasteiger partial charge in [0.1, 0.15) is 0 Å². The lowest BCUT2D eigenvalue weighted by atomic mass is 9.66. The molecule has 0 aromatic heterocycles. The van der Waals surface area contributed by atoms with Gasteiger partial charge in [0.2, 0.25) is 5.91 Å². The molecular formula is C13H26N2O3. The van der Waals surface area contributed by atoms with Crippen molar-refractivity contribution in [3.63, 3.8) is 0 Å². The molecule has 0 heterocycles. The first kappa shape index (κ1) is 15.4. The Bertz CT molecular complexity index is 243. The van der Waals surface area contributed by atoms with Crippen LogP contribution >= 0.6 is 0 Å². The Kier molecular flexibility index (Phi) is 6.60. The van der Waals surface area contributed by atoms with Gasteiger partial charge in [-0.25, -0.2) is 0 Å². The van der Waals surface area contributed by atoms with Crippen molar-refractivity contribution in [3.05, 3.63) is 0 Å². The lowest BCUT2D eigenvalue weighted by molar-refractivity contribution is -0.142. The molecule has 0 aromatic carbocycles. The molecule has 0 atom stereocenters. The molecule has 0 aromatic rings. The molecular weight excluding hydrogens is 232 g/mol. The molecule has 18 heavy (non-hydrogen) atoms. The molecule has 1 rings (SSSR count).